The van der Waals surface area contributed by atoms with E-state index in [4.69, 9.17) is 9.76 Å². The van der Waals surface area contributed by atoms with E-state index in [9.17, 15) is 9.59 Å². The van der Waals surface area contributed by atoms with E-state index in [0.29, 0.717) is 6.42 Å². The van der Waals surface area contributed by atoms with Crippen LogP contribution in [0.25, 0.3) is 0 Å². The van der Waals surface area contributed by atoms with Gasteiger partial charge in [0.25, 0.3) is 0 Å². The van der Waals surface area contributed by atoms with Gasteiger partial charge >= 0.3 is 19.6 Å². The third-order valence-corrected chi connectivity index (χ3v) is 2.38. The van der Waals surface area contributed by atoms with Gasteiger partial charge in [0.1, 0.15) is 0 Å². The van der Waals surface area contributed by atoms with Gasteiger partial charge in [0.05, 0.1) is 6.61 Å². The highest BCUT2D eigenvalue weighted by Crippen LogP contribution is 2.29. The molecule has 0 aromatic heterocycles. The molecule has 1 N–H and O–H groups in total. The number of aliphatic carboxylic acids is 1. The lowest BCUT2D eigenvalue weighted by atomic mass is 9.82. The molecule has 0 amide bonds. The fraction of sp³-hybridized carbons (Fsp3) is 0.750. The van der Waals surface area contributed by atoms with Crippen LogP contribution in [0.5, 0.6) is 0 Å². The molecule has 1 rings (SSSR count). The number of carboxylic acid groups (broad SMARTS) is 1. The van der Waals surface area contributed by atoms with Crippen molar-refractivity contribution in [2.45, 2.75) is 26.2 Å². The van der Waals surface area contributed by atoms with Crippen LogP contribution in [0.3, 0.4) is 0 Å². The molecule has 0 aromatic carbocycles. The van der Waals surface area contributed by atoms with Gasteiger partial charge in [0.2, 0.25) is 0 Å². The minimum absolute atomic E-state index is 0.0822. The van der Waals surface area contributed by atoms with Gasteiger partial charge in [0.15, 0.2) is 5.41 Å². The summed E-state index contributed by atoms with van der Waals surface area (Å²) < 4.78 is 9.50. The molecule has 14 heavy (non-hydrogen) atoms. The molecule has 0 aromatic rings. The first-order valence-corrected chi connectivity index (χ1v) is 4.62. The van der Waals surface area contributed by atoms with Gasteiger partial charge in [-0.25, -0.2) is 0 Å². The van der Waals surface area contributed by atoms with Crippen molar-refractivity contribution in [3.8, 4) is 0 Å². The Kier molecular flexibility index (Phi) is 3.52. The van der Waals surface area contributed by atoms with Crippen molar-refractivity contribution in [1.29, 1.82) is 0 Å². The number of carbonyl (C=O) groups is 2. The van der Waals surface area contributed by atoms with Crippen molar-refractivity contribution >= 4 is 19.6 Å². The van der Waals surface area contributed by atoms with Gasteiger partial charge in [-0.3, -0.25) is 9.59 Å². The highest BCUT2D eigenvalue weighted by atomic mass is 16.6. The van der Waals surface area contributed by atoms with E-state index >= 15 is 0 Å². The first kappa shape index (κ1) is 11.0. The molecule has 1 heterocycles. The molecule has 1 unspecified atom stereocenters. The Hall–Kier alpha value is -1.04. The Morgan fingerprint density at radius 1 is 1.71 bits per heavy atom. The lowest BCUT2D eigenvalue weighted by Gasteiger charge is -2.30. The van der Waals surface area contributed by atoms with Gasteiger partial charge in [-0.15, -0.1) is 0 Å². The summed E-state index contributed by atoms with van der Waals surface area (Å²) >= 11 is 0. The summed E-state index contributed by atoms with van der Waals surface area (Å²) in [5.74, 6) is -1.83. The van der Waals surface area contributed by atoms with Crippen molar-refractivity contribution in [3.05, 3.63) is 0 Å². The zero-order chi connectivity index (χ0) is 10.6. The highest BCUT2D eigenvalue weighted by Gasteiger charge is 2.49. The van der Waals surface area contributed by atoms with Crippen molar-refractivity contribution < 1.29 is 24.0 Å². The van der Waals surface area contributed by atoms with Crippen LogP contribution in [0, 0.1) is 5.41 Å². The maximum absolute atomic E-state index is 11.4. The van der Waals surface area contributed by atoms with Crippen molar-refractivity contribution in [2.75, 3.05) is 6.61 Å². The average molecular weight is 200 g/mol. The van der Waals surface area contributed by atoms with Gasteiger partial charge in [-0.2, -0.15) is 0 Å². The van der Waals surface area contributed by atoms with Crippen molar-refractivity contribution in [2.24, 2.45) is 5.41 Å². The number of carboxylic acids is 1. The summed E-state index contributed by atoms with van der Waals surface area (Å²) in [6, 6.07) is 0. The Bertz CT molecular complexity index is 242. The lowest BCUT2D eigenvalue weighted by Crippen LogP contribution is -2.49. The van der Waals surface area contributed by atoms with E-state index in [2.05, 4.69) is 4.65 Å². The third kappa shape index (κ3) is 1.90. The number of hydrogen-bond acceptors (Lipinski definition) is 4. The van der Waals surface area contributed by atoms with E-state index < -0.39 is 17.4 Å². The summed E-state index contributed by atoms with van der Waals surface area (Å²) in [6.45, 7) is 1.85. The lowest BCUT2D eigenvalue weighted by molar-refractivity contribution is -0.171. The van der Waals surface area contributed by atoms with Crippen LogP contribution in [0.4, 0.5) is 0 Å². The van der Waals surface area contributed by atoms with Gasteiger partial charge < -0.3 is 14.4 Å². The molecule has 1 aliphatic heterocycles. The zero-order valence-electron chi connectivity index (χ0n) is 8.12. The quantitative estimate of drug-likeness (QED) is 0.514. The largest absolute Gasteiger partial charge is 0.511 e. The first-order chi connectivity index (χ1) is 6.63. The molecule has 0 saturated carbocycles. The highest BCUT2D eigenvalue weighted by molar-refractivity contribution is 6.25. The van der Waals surface area contributed by atoms with E-state index in [1.165, 1.54) is 0 Å². The Morgan fingerprint density at radius 2 is 2.43 bits per heavy atom. The van der Waals surface area contributed by atoms with Crippen LogP contribution in [-0.4, -0.2) is 31.3 Å². The topological polar surface area (TPSA) is 72.8 Å². The summed E-state index contributed by atoms with van der Waals surface area (Å²) in [6.07, 6.45) is 1.78. The summed E-state index contributed by atoms with van der Waals surface area (Å²) in [4.78, 5) is 22.4. The normalized spacial score (nSPS) is 26.5. The SMILES string of the molecule is CCCCC1(C(=O)O)COBOC1=O. The van der Waals surface area contributed by atoms with Crippen LogP contribution >= 0.6 is 0 Å². The first-order valence-electron chi connectivity index (χ1n) is 4.62. The molecule has 1 atom stereocenters. The van der Waals surface area contributed by atoms with Crippen LogP contribution < -0.4 is 0 Å². The van der Waals surface area contributed by atoms with Gasteiger partial charge in [0, 0.05) is 0 Å². The molecule has 0 bridgehead atoms. The monoisotopic (exact) mass is 200 g/mol. The molecule has 0 radical (unpaired) electrons. The third-order valence-electron chi connectivity index (χ3n) is 2.38. The van der Waals surface area contributed by atoms with E-state index in [0.717, 1.165) is 6.42 Å². The van der Waals surface area contributed by atoms with Crippen molar-refractivity contribution in [3.63, 3.8) is 0 Å². The molecular formula is C8H13BO5. The molecule has 6 heteroatoms. The number of carbonyl (C=O) groups excluding carboxylic acids is 1. The summed E-state index contributed by atoms with van der Waals surface area (Å²) in [5.41, 5.74) is -1.48. The summed E-state index contributed by atoms with van der Waals surface area (Å²) in [5, 5.41) is 9.00. The Balaban J connectivity index is 2.78. The van der Waals surface area contributed by atoms with Crippen LogP contribution in [0.2, 0.25) is 0 Å². The number of hydrogen-bond donors (Lipinski definition) is 1. The van der Waals surface area contributed by atoms with Crippen LogP contribution in [0.1, 0.15) is 26.2 Å². The maximum atomic E-state index is 11.4. The van der Waals surface area contributed by atoms with Crippen molar-refractivity contribution in [1.82, 2.24) is 0 Å². The second kappa shape index (κ2) is 4.46. The smallest absolute Gasteiger partial charge is 0.508 e. The van der Waals surface area contributed by atoms with Gasteiger partial charge in [-0.05, 0) is 6.42 Å². The second-order valence-electron chi connectivity index (χ2n) is 3.39. The molecule has 1 fully saturated rings. The minimum Gasteiger partial charge on any atom is -0.511 e. The summed E-state index contributed by atoms with van der Waals surface area (Å²) in [7, 11) is -0.139. The van der Waals surface area contributed by atoms with E-state index in [1.54, 1.807) is 0 Å². The Morgan fingerprint density at radius 3 is 2.93 bits per heavy atom. The standard InChI is InChI=1S/C8H13BO5/c1-2-3-4-8(6(10)11)5-13-9-14-7(8)12/h9H,2-5H2,1H3,(H,10,11). The molecule has 78 valence electrons. The van der Waals surface area contributed by atoms with Crippen LogP contribution in [0.15, 0.2) is 0 Å². The Labute approximate surface area is 82.7 Å². The molecular weight excluding hydrogens is 187 g/mol. The molecule has 0 spiro atoms. The van der Waals surface area contributed by atoms with E-state index in [-0.39, 0.29) is 20.7 Å². The van der Waals surface area contributed by atoms with Crippen LogP contribution in [-0.2, 0) is 18.9 Å². The predicted molar refractivity (Wildman–Crippen MR) is 48.8 cm³/mol. The predicted octanol–water partition coefficient (Wildman–Crippen LogP) is 0.0875. The van der Waals surface area contributed by atoms with E-state index in [1.807, 2.05) is 6.92 Å². The minimum atomic E-state index is -1.48. The number of rotatable bonds is 4. The van der Waals surface area contributed by atoms with Gasteiger partial charge in [-0.1, -0.05) is 19.8 Å². The number of unbranched alkanes of at least 4 members (excludes halogenated alkanes) is 1. The molecule has 0 aliphatic carbocycles. The molecule has 5 nitrogen and oxygen atoms in total. The maximum Gasteiger partial charge on any atom is 0.508 e. The molecule has 1 aliphatic rings. The molecule has 1 saturated heterocycles. The average Bonchev–Trinajstić information content (AvgIpc) is 2.16. The zero-order valence-corrected chi connectivity index (χ0v) is 8.12. The fourth-order valence-electron chi connectivity index (χ4n) is 1.42. The second-order valence-corrected chi connectivity index (χ2v) is 3.39. The fourth-order valence-corrected chi connectivity index (χ4v) is 1.42.